The van der Waals surface area contributed by atoms with Crippen LogP contribution in [0.25, 0.3) is 0 Å². The molecule has 0 fully saturated rings. The molecule has 100 valence electrons. The van der Waals surface area contributed by atoms with E-state index in [1.807, 2.05) is 0 Å². The molecule has 1 unspecified atom stereocenters. The average molecular weight is 302 g/mol. The number of carbonyl (C=O) groups is 2. The number of carboxylic acid groups (broad SMARTS) is 1. The summed E-state index contributed by atoms with van der Waals surface area (Å²) in [6.07, 6.45) is -6.05. The lowest BCUT2D eigenvalue weighted by Gasteiger charge is -2.19. The van der Waals surface area contributed by atoms with Crippen molar-refractivity contribution in [2.24, 2.45) is 0 Å². The van der Waals surface area contributed by atoms with Gasteiger partial charge in [0, 0.05) is 0 Å². The summed E-state index contributed by atoms with van der Waals surface area (Å²) in [4.78, 5) is 21.7. The van der Waals surface area contributed by atoms with Gasteiger partial charge in [-0.1, -0.05) is 11.6 Å². The van der Waals surface area contributed by atoms with E-state index >= 15 is 0 Å². The Morgan fingerprint density at radius 1 is 1.44 bits per heavy atom. The minimum absolute atomic E-state index is 0.0142. The second-order valence-electron chi connectivity index (χ2n) is 3.27. The van der Waals surface area contributed by atoms with E-state index in [0.29, 0.717) is 0 Å². The summed E-state index contributed by atoms with van der Waals surface area (Å²) in [5.41, 5.74) is 0. The number of amides is 1. The van der Waals surface area contributed by atoms with Crippen LogP contribution < -0.4 is 5.32 Å². The molecule has 0 radical (unpaired) electrons. The number of hydrogen-bond donors (Lipinski definition) is 2. The van der Waals surface area contributed by atoms with E-state index < -0.39 is 30.5 Å². The van der Waals surface area contributed by atoms with Gasteiger partial charge >= 0.3 is 12.1 Å². The molecule has 1 heterocycles. The standard InChI is InChI=1S/C9H7ClF3NO3S/c10-6-2-1-4(18-6)8(17)14-5(3-7(15)16)9(11,12)13/h1-2,5H,3H2,(H,14,17)(H,15,16). The van der Waals surface area contributed by atoms with Crippen molar-refractivity contribution in [1.82, 2.24) is 5.32 Å². The zero-order valence-corrected chi connectivity index (χ0v) is 10.2. The molecule has 0 aromatic carbocycles. The molecule has 9 heteroatoms. The fourth-order valence-corrected chi connectivity index (χ4v) is 2.04. The van der Waals surface area contributed by atoms with Crippen molar-refractivity contribution in [3.05, 3.63) is 21.3 Å². The number of hydrogen-bond acceptors (Lipinski definition) is 3. The largest absolute Gasteiger partial charge is 0.481 e. The smallest absolute Gasteiger partial charge is 0.409 e. The molecule has 0 bridgehead atoms. The van der Waals surface area contributed by atoms with Gasteiger partial charge in [0.1, 0.15) is 6.04 Å². The van der Waals surface area contributed by atoms with E-state index in [1.165, 1.54) is 12.1 Å². The molecule has 0 spiro atoms. The van der Waals surface area contributed by atoms with Gasteiger partial charge in [-0.15, -0.1) is 11.3 Å². The van der Waals surface area contributed by atoms with Crippen molar-refractivity contribution >= 4 is 34.8 Å². The van der Waals surface area contributed by atoms with Crippen molar-refractivity contribution in [3.63, 3.8) is 0 Å². The highest BCUT2D eigenvalue weighted by Gasteiger charge is 2.42. The van der Waals surface area contributed by atoms with Crippen molar-refractivity contribution < 1.29 is 27.9 Å². The quantitative estimate of drug-likeness (QED) is 0.898. The van der Waals surface area contributed by atoms with E-state index in [2.05, 4.69) is 0 Å². The molecule has 1 atom stereocenters. The molecule has 18 heavy (non-hydrogen) atoms. The second-order valence-corrected chi connectivity index (χ2v) is 4.98. The molecular formula is C9H7ClF3NO3S. The molecule has 0 aliphatic heterocycles. The number of aliphatic carboxylic acids is 1. The first-order chi connectivity index (χ1) is 8.20. The van der Waals surface area contributed by atoms with Crippen LogP contribution in [0, 0.1) is 0 Å². The Morgan fingerprint density at radius 2 is 2.06 bits per heavy atom. The molecule has 0 aliphatic carbocycles. The van der Waals surface area contributed by atoms with Crippen LogP contribution in [0.1, 0.15) is 16.1 Å². The van der Waals surface area contributed by atoms with E-state index in [1.54, 1.807) is 5.32 Å². The van der Waals surface area contributed by atoms with Crippen LogP contribution in [0.2, 0.25) is 4.34 Å². The number of alkyl halides is 3. The first-order valence-electron chi connectivity index (χ1n) is 4.55. The highest BCUT2D eigenvalue weighted by atomic mass is 35.5. The first kappa shape index (κ1) is 14.8. The summed E-state index contributed by atoms with van der Waals surface area (Å²) in [7, 11) is 0. The van der Waals surface area contributed by atoms with Crippen LogP contribution in [-0.2, 0) is 4.79 Å². The lowest BCUT2D eigenvalue weighted by atomic mass is 10.2. The van der Waals surface area contributed by atoms with Crippen LogP contribution >= 0.6 is 22.9 Å². The average Bonchev–Trinajstić information content (AvgIpc) is 2.61. The second kappa shape index (κ2) is 5.57. The van der Waals surface area contributed by atoms with E-state index in [4.69, 9.17) is 16.7 Å². The molecule has 4 nitrogen and oxygen atoms in total. The molecule has 0 saturated heterocycles. The van der Waals surface area contributed by atoms with Gasteiger partial charge in [0.2, 0.25) is 0 Å². The monoisotopic (exact) mass is 301 g/mol. The van der Waals surface area contributed by atoms with Gasteiger partial charge in [-0.25, -0.2) is 0 Å². The normalized spacial score (nSPS) is 13.1. The van der Waals surface area contributed by atoms with Crippen LogP contribution in [0.4, 0.5) is 13.2 Å². The SMILES string of the molecule is O=C(O)CC(NC(=O)c1ccc(Cl)s1)C(F)(F)F. The van der Waals surface area contributed by atoms with Crippen molar-refractivity contribution in [3.8, 4) is 0 Å². The Bertz CT molecular complexity index is 460. The summed E-state index contributed by atoms with van der Waals surface area (Å²) in [5.74, 6) is -2.66. The van der Waals surface area contributed by atoms with Gasteiger partial charge in [-0.3, -0.25) is 9.59 Å². The topological polar surface area (TPSA) is 66.4 Å². The highest BCUT2D eigenvalue weighted by Crippen LogP contribution is 2.25. The van der Waals surface area contributed by atoms with Gasteiger partial charge in [-0.05, 0) is 12.1 Å². The Labute approximate surface area is 108 Å². The molecule has 1 aromatic heterocycles. The summed E-state index contributed by atoms with van der Waals surface area (Å²) in [5, 5.41) is 9.99. The fourth-order valence-electron chi connectivity index (χ4n) is 1.09. The van der Waals surface area contributed by atoms with Gasteiger partial charge in [0.05, 0.1) is 15.6 Å². The van der Waals surface area contributed by atoms with Gasteiger partial charge in [-0.2, -0.15) is 13.2 Å². The summed E-state index contributed by atoms with van der Waals surface area (Å²) >= 11 is 6.34. The van der Waals surface area contributed by atoms with E-state index in [9.17, 15) is 22.8 Å². The third kappa shape index (κ3) is 4.19. The maximum absolute atomic E-state index is 12.5. The third-order valence-corrected chi connectivity index (χ3v) is 3.11. The summed E-state index contributed by atoms with van der Waals surface area (Å²) in [6, 6.07) is 0.195. The molecule has 2 N–H and O–H groups in total. The Hall–Kier alpha value is -1.28. The maximum atomic E-state index is 12.5. The minimum Gasteiger partial charge on any atom is -0.481 e. The number of nitrogens with one attached hydrogen (secondary N) is 1. The predicted molar refractivity (Wildman–Crippen MR) is 58.9 cm³/mol. The number of rotatable bonds is 4. The van der Waals surface area contributed by atoms with Crippen LogP contribution in [0.15, 0.2) is 12.1 Å². The molecule has 1 amide bonds. The minimum atomic E-state index is -4.82. The van der Waals surface area contributed by atoms with Crippen molar-refractivity contribution in [2.45, 2.75) is 18.6 Å². The van der Waals surface area contributed by atoms with Crippen LogP contribution in [0.3, 0.4) is 0 Å². The van der Waals surface area contributed by atoms with Crippen LogP contribution in [-0.4, -0.2) is 29.2 Å². The lowest BCUT2D eigenvalue weighted by molar-refractivity contribution is -0.165. The summed E-state index contributed by atoms with van der Waals surface area (Å²) < 4.78 is 37.6. The van der Waals surface area contributed by atoms with Crippen LogP contribution in [0.5, 0.6) is 0 Å². The van der Waals surface area contributed by atoms with Gasteiger partial charge in [0.15, 0.2) is 0 Å². The Morgan fingerprint density at radius 3 is 2.44 bits per heavy atom. The van der Waals surface area contributed by atoms with Crippen molar-refractivity contribution in [1.29, 1.82) is 0 Å². The number of carboxylic acids is 1. The fraction of sp³-hybridized carbons (Fsp3) is 0.333. The zero-order valence-electron chi connectivity index (χ0n) is 8.62. The lowest BCUT2D eigenvalue weighted by Crippen LogP contribution is -2.46. The van der Waals surface area contributed by atoms with Gasteiger partial charge < -0.3 is 10.4 Å². The molecule has 1 rings (SSSR count). The molecule has 1 aromatic rings. The highest BCUT2D eigenvalue weighted by molar-refractivity contribution is 7.17. The first-order valence-corrected chi connectivity index (χ1v) is 5.74. The number of thiophene rings is 1. The molecule has 0 aliphatic rings. The molecule has 0 saturated carbocycles. The number of halogens is 4. The Kier molecular flexibility index (Phi) is 4.58. The maximum Gasteiger partial charge on any atom is 0.409 e. The summed E-state index contributed by atoms with van der Waals surface area (Å²) in [6.45, 7) is 0. The third-order valence-electron chi connectivity index (χ3n) is 1.88. The molecular weight excluding hydrogens is 295 g/mol. The van der Waals surface area contributed by atoms with Crippen molar-refractivity contribution in [2.75, 3.05) is 0 Å². The number of carbonyl (C=O) groups excluding carboxylic acids is 1. The predicted octanol–water partition coefficient (Wildman–Crippen LogP) is 2.54. The van der Waals surface area contributed by atoms with E-state index in [0.717, 1.165) is 11.3 Å². The Balaban J connectivity index is 2.78. The zero-order chi connectivity index (χ0) is 13.9. The van der Waals surface area contributed by atoms with Gasteiger partial charge in [0.25, 0.3) is 5.91 Å². The van der Waals surface area contributed by atoms with E-state index in [-0.39, 0.29) is 9.21 Å².